The minimum Gasteiger partial charge on any atom is -0.381 e. The Hall–Kier alpha value is -0.0800. The standard InChI is InChI=1S/C15H29NO/c1-12-8-13(2)10-15(9-12)16-6-3-7-17-11-14-4-5-14/h12-16H,3-11H2,1-2H3. The predicted molar refractivity (Wildman–Crippen MR) is 72.1 cm³/mol. The van der Waals surface area contributed by atoms with E-state index in [1.807, 2.05) is 0 Å². The van der Waals surface area contributed by atoms with Crippen LogP contribution in [0.15, 0.2) is 0 Å². The van der Waals surface area contributed by atoms with Crippen molar-refractivity contribution in [1.82, 2.24) is 5.32 Å². The summed E-state index contributed by atoms with van der Waals surface area (Å²) in [5, 5.41) is 3.71. The summed E-state index contributed by atoms with van der Waals surface area (Å²) < 4.78 is 5.65. The van der Waals surface area contributed by atoms with Crippen molar-refractivity contribution in [2.45, 2.75) is 58.4 Å². The molecule has 2 saturated carbocycles. The third-order valence-corrected chi connectivity index (χ3v) is 4.13. The molecule has 2 heteroatoms. The summed E-state index contributed by atoms with van der Waals surface area (Å²) in [5.41, 5.74) is 0. The fourth-order valence-corrected chi connectivity index (χ4v) is 3.13. The topological polar surface area (TPSA) is 21.3 Å². The van der Waals surface area contributed by atoms with E-state index in [-0.39, 0.29) is 0 Å². The van der Waals surface area contributed by atoms with E-state index < -0.39 is 0 Å². The van der Waals surface area contributed by atoms with Gasteiger partial charge in [-0.25, -0.2) is 0 Å². The Bertz CT molecular complexity index is 205. The highest BCUT2D eigenvalue weighted by Gasteiger charge is 2.23. The maximum absolute atomic E-state index is 5.65. The van der Waals surface area contributed by atoms with Gasteiger partial charge in [0.05, 0.1) is 0 Å². The van der Waals surface area contributed by atoms with Gasteiger partial charge in [0, 0.05) is 19.3 Å². The zero-order valence-corrected chi connectivity index (χ0v) is 11.6. The smallest absolute Gasteiger partial charge is 0.0494 e. The second-order valence-electron chi connectivity index (χ2n) is 6.44. The summed E-state index contributed by atoms with van der Waals surface area (Å²) in [6, 6.07) is 0.761. The normalized spacial score (nSPS) is 33.9. The van der Waals surface area contributed by atoms with Crippen LogP contribution in [-0.2, 0) is 4.74 Å². The number of rotatable bonds is 7. The van der Waals surface area contributed by atoms with Crippen LogP contribution < -0.4 is 5.32 Å². The highest BCUT2D eigenvalue weighted by molar-refractivity contribution is 4.79. The highest BCUT2D eigenvalue weighted by Crippen LogP contribution is 2.29. The summed E-state index contributed by atoms with van der Waals surface area (Å²) >= 11 is 0. The second-order valence-corrected chi connectivity index (χ2v) is 6.44. The monoisotopic (exact) mass is 239 g/mol. The van der Waals surface area contributed by atoms with Crippen LogP contribution in [0.3, 0.4) is 0 Å². The lowest BCUT2D eigenvalue weighted by Gasteiger charge is -2.32. The van der Waals surface area contributed by atoms with Crippen molar-refractivity contribution in [1.29, 1.82) is 0 Å². The molecule has 2 aliphatic carbocycles. The zero-order valence-electron chi connectivity index (χ0n) is 11.6. The molecule has 2 atom stereocenters. The lowest BCUT2D eigenvalue weighted by molar-refractivity contribution is 0.120. The summed E-state index contributed by atoms with van der Waals surface area (Å²) in [6.07, 6.45) is 8.13. The largest absolute Gasteiger partial charge is 0.381 e. The average molecular weight is 239 g/mol. The minimum absolute atomic E-state index is 0.761. The first-order valence-corrected chi connectivity index (χ1v) is 7.55. The Labute approximate surface area is 107 Å². The fourth-order valence-electron chi connectivity index (χ4n) is 3.13. The van der Waals surface area contributed by atoms with Crippen LogP contribution in [0.4, 0.5) is 0 Å². The van der Waals surface area contributed by atoms with Gasteiger partial charge in [-0.2, -0.15) is 0 Å². The molecular formula is C15H29NO. The van der Waals surface area contributed by atoms with Gasteiger partial charge in [0.25, 0.3) is 0 Å². The van der Waals surface area contributed by atoms with Crippen molar-refractivity contribution in [3.05, 3.63) is 0 Å². The Morgan fingerprint density at radius 3 is 2.41 bits per heavy atom. The van der Waals surface area contributed by atoms with Gasteiger partial charge < -0.3 is 10.1 Å². The molecule has 2 nitrogen and oxygen atoms in total. The minimum atomic E-state index is 0.761. The quantitative estimate of drug-likeness (QED) is 0.689. The molecule has 1 N–H and O–H groups in total. The molecule has 2 aliphatic rings. The van der Waals surface area contributed by atoms with Crippen LogP contribution >= 0.6 is 0 Å². The van der Waals surface area contributed by atoms with E-state index >= 15 is 0 Å². The highest BCUT2D eigenvalue weighted by atomic mass is 16.5. The van der Waals surface area contributed by atoms with Crippen molar-refractivity contribution in [2.75, 3.05) is 19.8 Å². The first-order valence-electron chi connectivity index (χ1n) is 7.55. The molecule has 2 rings (SSSR count). The van der Waals surface area contributed by atoms with Crippen LogP contribution in [0.1, 0.15) is 52.4 Å². The molecule has 17 heavy (non-hydrogen) atoms. The van der Waals surface area contributed by atoms with Crippen LogP contribution in [0, 0.1) is 17.8 Å². The van der Waals surface area contributed by atoms with Crippen LogP contribution in [0.25, 0.3) is 0 Å². The summed E-state index contributed by atoms with van der Waals surface area (Å²) in [4.78, 5) is 0. The lowest BCUT2D eigenvalue weighted by atomic mass is 9.80. The van der Waals surface area contributed by atoms with E-state index in [2.05, 4.69) is 19.2 Å². The van der Waals surface area contributed by atoms with Gasteiger partial charge in [0.1, 0.15) is 0 Å². The van der Waals surface area contributed by atoms with E-state index in [9.17, 15) is 0 Å². The number of hydrogen-bond donors (Lipinski definition) is 1. The third-order valence-electron chi connectivity index (χ3n) is 4.13. The van der Waals surface area contributed by atoms with Gasteiger partial charge in [0.15, 0.2) is 0 Å². The van der Waals surface area contributed by atoms with Crippen molar-refractivity contribution < 1.29 is 4.74 Å². The number of ether oxygens (including phenoxy) is 1. The van der Waals surface area contributed by atoms with Crippen molar-refractivity contribution in [3.8, 4) is 0 Å². The molecule has 0 heterocycles. The molecule has 2 fully saturated rings. The van der Waals surface area contributed by atoms with Gasteiger partial charge in [-0.3, -0.25) is 0 Å². The average Bonchev–Trinajstić information content (AvgIpc) is 3.05. The molecular weight excluding hydrogens is 210 g/mol. The van der Waals surface area contributed by atoms with Crippen LogP contribution in [0.5, 0.6) is 0 Å². The van der Waals surface area contributed by atoms with Crippen molar-refractivity contribution in [2.24, 2.45) is 17.8 Å². The molecule has 0 amide bonds. The molecule has 0 saturated heterocycles. The molecule has 0 spiro atoms. The van der Waals surface area contributed by atoms with Crippen molar-refractivity contribution in [3.63, 3.8) is 0 Å². The maximum atomic E-state index is 5.65. The Balaban J connectivity index is 1.46. The number of hydrogen-bond acceptors (Lipinski definition) is 2. The van der Waals surface area contributed by atoms with E-state index in [4.69, 9.17) is 4.74 Å². The van der Waals surface area contributed by atoms with Crippen LogP contribution in [0.2, 0.25) is 0 Å². The molecule has 0 aromatic heterocycles. The van der Waals surface area contributed by atoms with Crippen molar-refractivity contribution >= 4 is 0 Å². The van der Waals surface area contributed by atoms with E-state index in [1.54, 1.807) is 0 Å². The van der Waals surface area contributed by atoms with Gasteiger partial charge in [-0.05, 0) is 62.8 Å². The molecule has 100 valence electrons. The van der Waals surface area contributed by atoms with E-state index in [0.29, 0.717) is 0 Å². The Morgan fingerprint density at radius 2 is 1.76 bits per heavy atom. The SMILES string of the molecule is CC1CC(C)CC(NCCCOCC2CC2)C1. The number of nitrogens with one attached hydrogen (secondary N) is 1. The zero-order chi connectivity index (χ0) is 12.1. The first kappa shape index (κ1) is 13.4. The second kappa shape index (κ2) is 6.75. The molecule has 0 aromatic rings. The van der Waals surface area contributed by atoms with E-state index in [1.165, 1.54) is 38.5 Å². The Kier molecular flexibility index (Phi) is 5.30. The summed E-state index contributed by atoms with van der Waals surface area (Å²) in [6.45, 7) is 7.87. The fraction of sp³-hybridized carbons (Fsp3) is 1.00. The van der Waals surface area contributed by atoms with Gasteiger partial charge >= 0.3 is 0 Å². The van der Waals surface area contributed by atoms with Crippen LogP contribution in [-0.4, -0.2) is 25.8 Å². The third kappa shape index (κ3) is 5.39. The molecule has 0 aliphatic heterocycles. The lowest BCUT2D eigenvalue weighted by Crippen LogP contribution is -2.37. The van der Waals surface area contributed by atoms with Gasteiger partial charge in [0.2, 0.25) is 0 Å². The van der Waals surface area contributed by atoms with Gasteiger partial charge in [-0.15, -0.1) is 0 Å². The van der Waals surface area contributed by atoms with Gasteiger partial charge in [-0.1, -0.05) is 13.8 Å². The first-order chi connectivity index (χ1) is 8.24. The maximum Gasteiger partial charge on any atom is 0.0494 e. The Morgan fingerprint density at radius 1 is 1.06 bits per heavy atom. The summed E-state index contributed by atoms with van der Waals surface area (Å²) in [5.74, 6) is 2.72. The molecule has 0 bridgehead atoms. The molecule has 0 aromatic carbocycles. The summed E-state index contributed by atoms with van der Waals surface area (Å²) in [7, 11) is 0. The molecule has 2 unspecified atom stereocenters. The predicted octanol–water partition coefficient (Wildman–Crippen LogP) is 3.22. The molecule has 0 radical (unpaired) electrons. The van der Waals surface area contributed by atoms with E-state index in [0.717, 1.165) is 43.6 Å².